The van der Waals surface area contributed by atoms with Gasteiger partial charge in [0.15, 0.2) is 5.78 Å². The number of carbonyl (C=O) groups excluding carboxylic acids is 1. The van der Waals surface area contributed by atoms with E-state index in [4.69, 9.17) is 4.55 Å². The molecule has 4 nitrogen and oxygen atoms in total. The molecule has 0 bridgehead atoms. The van der Waals surface area contributed by atoms with Crippen molar-refractivity contribution in [2.75, 3.05) is 0 Å². The molecule has 0 saturated carbocycles. The van der Waals surface area contributed by atoms with Crippen molar-refractivity contribution >= 4 is 45.5 Å². The Morgan fingerprint density at radius 2 is 1.32 bits per heavy atom. The fraction of sp³-hybridized carbons (Fsp3) is 0. The van der Waals surface area contributed by atoms with Gasteiger partial charge in [-0.05, 0) is 24.3 Å². The van der Waals surface area contributed by atoms with Crippen LogP contribution in [0, 0.1) is 0 Å². The molecule has 94 valence electrons. The van der Waals surface area contributed by atoms with Gasteiger partial charge in [-0.2, -0.15) is 8.42 Å². The first kappa shape index (κ1) is 16.1. The quantitative estimate of drug-likeness (QED) is 0.527. The minimum absolute atomic E-state index is 0. The van der Waals surface area contributed by atoms with Crippen molar-refractivity contribution in [2.24, 2.45) is 0 Å². The van der Waals surface area contributed by atoms with Gasteiger partial charge >= 0.3 is 29.6 Å². The van der Waals surface area contributed by atoms with Crippen LogP contribution in [-0.2, 0) is 10.1 Å². The molecule has 2 aromatic rings. The standard InChI is InChI=1S/C13H10O4S.Na.H/c14-13(10-4-2-1-3-5-10)11-6-8-12(9-7-11)18(15,16)17;;/h1-9H,(H,15,16,17);;. The van der Waals surface area contributed by atoms with Gasteiger partial charge in [0.2, 0.25) is 0 Å². The minimum atomic E-state index is -4.22. The van der Waals surface area contributed by atoms with Crippen LogP contribution in [0.1, 0.15) is 15.9 Å². The number of hydrogen-bond acceptors (Lipinski definition) is 3. The molecule has 0 unspecified atom stereocenters. The van der Waals surface area contributed by atoms with E-state index in [1.165, 1.54) is 24.3 Å². The summed E-state index contributed by atoms with van der Waals surface area (Å²) in [5.41, 5.74) is 0.894. The molecule has 2 rings (SSSR count). The van der Waals surface area contributed by atoms with E-state index in [0.717, 1.165) is 0 Å². The van der Waals surface area contributed by atoms with Gasteiger partial charge in [0.25, 0.3) is 10.1 Å². The normalized spacial score (nSPS) is 10.6. The molecule has 0 radical (unpaired) electrons. The van der Waals surface area contributed by atoms with Gasteiger partial charge in [-0.3, -0.25) is 9.35 Å². The Bertz CT molecular complexity index is 664. The van der Waals surface area contributed by atoms with E-state index in [2.05, 4.69) is 0 Å². The van der Waals surface area contributed by atoms with Gasteiger partial charge in [-0.15, -0.1) is 0 Å². The van der Waals surface area contributed by atoms with Crippen LogP contribution in [0.15, 0.2) is 59.5 Å². The Balaban J connectivity index is 0.00000180. The second-order valence-electron chi connectivity index (χ2n) is 3.69. The third-order valence-corrected chi connectivity index (χ3v) is 3.32. The number of hydrogen-bond donors (Lipinski definition) is 1. The molecular formula is C13H11NaO4S. The first-order chi connectivity index (χ1) is 8.48. The molecule has 0 aliphatic heterocycles. The summed E-state index contributed by atoms with van der Waals surface area (Å²) in [7, 11) is -4.22. The van der Waals surface area contributed by atoms with Crippen molar-refractivity contribution in [3.8, 4) is 0 Å². The fourth-order valence-electron chi connectivity index (χ4n) is 1.53. The Labute approximate surface area is 133 Å². The molecule has 0 spiro atoms. The molecule has 1 N–H and O–H groups in total. The third kappa shape index (κ3) is 3.99. The number of ketones is 1. The van der Waals surface area contributed by atoms with E-state index >= 15 is 0 Å². The van der Waals surface area contributed by atoms with Crippen LogP contribution in [0.3, 0.4) is 0 Å². The first-order valence-corrected chi connectivity index (χ1v) is 6.60. The summed E-state index contributed by atoms with van der Waals surface area (Å²) < 4.78 is 30.5. The maximum absolute atomic E-state index is 12.0. The molecule has 2 aromatic carbocycles. The SMILES string of the molecule is O=C(c1ccccc1)c1ccc(S(=O)(=O)O)cc1.[NaH]. The zero-order valence-corrected chi connectivity index (χ0v) is 10.1. The van der Waals surface area contributed by atoms with Crippen LogP contribution in [0.25, 0.3) is 0 Å². The van der Waals surface area contributed by atoms with Gasteiger partial charge in [-0.25, -0.2) is 0 Å². The van der Waals surface area contributed by atoms with E-state index in [1.807, 2.05) is 0 Å². The fourth-order valence-corrected chi connectivity index (χ4v) is 2.01. The molecule has 0 aromatic heterocycles. The van der Waals surface area contributed by atoms with Gasteiger partial charge in [-0.1, -0.05) is 30.3 Å². The summed E-state index contributed by atoms with van der Waals surface area (Å²) in [6.45, 7) is 0. The summed E-state index contributed by atoms with van der Waals surface area (Å²) in [5.74, 6) is -0.197. The summed E-state index contributed by atoms with van der Waals surface area (Å²) >= 11 is 0. The predicted molar refractivity (Wildman–Crippen MR) is 73.3 cm³/mol. The van der Waals surface area contributed by atoms with E-state index in [9.17, 15) is 13.2 Å². The summed E-state index contributed by atoms with van der Waals surface area (Å²) in [6.07, 6.45) is 0. The molecule has 0 fully saturated rings. The van der Waals surface area contributed by atoms with Crippen molar-refractivity contribution in [1.82, 2.24) is 0 Å². The van der Waals surface area contributed by atoms with Crippen LogP contribution in [0.5, 0.6) is 0 Å². The van der Waals surface area contributed by atoms with Crippen LogP contribution in [-0.4, -0.2) is 48.3 Å². The zero-order valence-electron chi connectivity index (χ0n) is 9.28. The van der Waals surface area contributed by atoms with Crippen molar-refractivity contribution < 1.29 is 17.8 Å². The van der Waals surface area contributed by atoms with Crippen LogP contribution in [0.2, 0.25) is 0 Å². The van der Waals surface area contributed by atoms with Gasteiger partial charge in [0.1, 0.15) is 0 Å². The molecule has 6 heteroatoms. The molecule has 0 amide bonds. The average Bonchev–Trinajstić information content (AvgIpc) is 2.38. The summed E-state index contributed by atoms with van der Waals surface area (Å²) in [4.78, 5) is 11.8. The first-order valence-electron chi connectivity index (χ1n) is 5.16. The van der Waals surface area contributed by atoms with Crippen LogP contribution < -0.4 is 0 Å². The Morgan fingerprint density at radius 1 is 0.842 bits per heavy atom. The molecule has 19 heavy (non-hydrogen) atoms. The molecule has 0 aliphatic carbocycles. The van der Waals surface area contributed by atoms with Gasteiger partial charge < -0.3 is 0 Å². The van der Waals surface area contributed by atoms with E-state index in [1.54, 1.807) is 30.3 Å². The summed E-state index contributed by atoms with van der Waals surface area (Å²) in [6, 6.07) is 13.8. The van der Waals surface area contributed by atoms with Crippen LogP contribution in [0.4, 0.5) is 0 Å². The van der Waals surface area contributed by atoms with Crippen molar-refractivity contribution in [1.29, 1.82) is 0 Å². The second-order valence-corrected chi connectivity index (χ2v) is 5.12. The van der Waals surface area contributed by atoms with Gasteiger partial charge in [0, 0.05) is 11.1 Å². The molecule has 0 saturated heterocycles. The predicted octanol–water partition coefficient (Wildman–Crippen LogP) is 1.52. The second kappa shape index (κ2) is 6.45. The Morgan fingerprint density at radius 3 is 1.79 bits per heavy atom. The number of rotatable bonds is 3. The van der Waals surface area contributed by atoms with E-state index < -0.39 is 10.1 Å². The number of carbonyl (C=O) groups is 1. The Hall–Kier alpha value is -0.980. The molecule has 0 atom stereocenters. The maximum atomic E-state index is 12.0. The molecule has 0 heterocycles. The molecular weight excluding hydrogens is 275 g/mol. The van der Waals surface area contributed by atoms with Crippen LogP contribution >= 0.6 is 0 Å². The molecule has 0 aliphatic rings. The van der Waals surface area contributed by atoms with Gasteiger partial charge in [0.05, 0.1) is 4.90 Å². The summed E-state index contributed by atoms with van der Waals surface area (Å²) in [5, 5.41) is 0. The van der Waals surface area contributed by atoms with E-state index in [-0.39, 0.29) is 40.2 Å². The van der Waals surface area contributed by atoms with Crippen molar-refractivity contribution in [2.45, 2.75) is 4.90 Å². The third-order valence-electron chi connectivity index (χ3n) is 2.45. The van der Waals surface area contributed by atoms with E-state index in [0.29, 0.717) is 11.1 Å². The topological polar surface area (TPSA) is 71.4 Å². The van der Waals surface area contributed by atoms with Crippen molar-refractivity contribution in [3.05, 3.63) is 65.7 Å². The zero-order chi connectivity index (χ0) is 13.2. The van der Waals surface area contributed by atoms with Crippen molar-refractivity contribution in [3.63, 3.8) is 0 Å². The Kier molecular flexibility index (Phi) is 5.46. The monoisotopic (exact) mass is 286 g/mol. The number of benzene rings is 2. The average molecular weight is 286 g/mol.